The molecule has 4 fully saturated rings. The Morgan fingerprint density at radius 3 is 2.29 bits per heavy atom. The van der Waals surface area contributed by atoms with Gasteiger partial charge in [0.1, 0.15) is 0 Å². The number of hydrogen-bond acceptors (Lipinski definition) is 3. The molecule has 0 aromatic heterocycles. The quantitative estimate of drug-likeness (QED) is 0.461. The topological polar surface area (TPSA) is 41.6 Å². The Kier molecular flexibility index (Phi) is 1.45. The summed E-state index contributed by atoms with van der Waals surface area (Å²) in [7, 11) is 0. The van der Waals surface area contributed by atoms with Crippen molar-refractivity contribution in [3.63, 3.8) is 0 Å². The largest absolute Gasteiger partial charge is 0.323 e. The van der Waals surface area contributed by atoms with Gasteiger partial charge in [0.05, 0.1) is 5.71 Å². The maximum Gasteiger partial charge on any atom is 0.0519 e. The van der Waals surface area contributed by atoms with Gasteiger partial charge in [-0.2, -0.15) is 5.10 Å². The van der Waals surface area contributed by atoms with Crippen molar-refractivity contribution < 1.29 is 0 Å². The zero-order valence-corrected chi connectivity index (χ0v) is 9.08. The van der Waals surface area contributed by atoms with Gasteiger partial charge in [0.2, 0.25) is 0 Å². The summed E-state index contributed by atoms with van der Waals surface area (Å²) in [6.45, 7) is 8.34. The number of nitrogens with zero attached hydrogens (tertiary/aromatic N) is 2. The van der Waals surface area contributed by atoms with Crippen molar-refractivity contribution in [2.45, 2.75) is 26.7 Å². The van der Waals surface area contributed by atoms with Gasteiger partial charge in [-0.1, -0.05) is 13.8 Å². The van der Waals surface area contributed by atoms with Crippen molar-refractivity contribution in [2.24, 2.45) is 27.7 Å². The summed E-state index contributed by atoms with van der Waals surface area (Å²) >= 11 is 0. The first-order valence-corrected chi connectivity index (χ1v) is 5.57. The Bertz CT molecular complexity index is 270. The van der Waals surface area contributed by atoms with E-state index in [0.29, 0.717) is 0 Å². The Hall–Kier alpha value is -0.570. The van der Waals surface area contributed by atoms with Crippen molar-refractivity contribution in [3.8, 4) is 0 Å². The zero-order chi connectivity index (χ0) is 9.97. The van der Waals surface area contributed by atoms with Crippen LogP contribution in [0, 0.1) is 16.7 Å². The molecule has 2 unspecified atom stereocenters. The molecule has 1 aliphatic carbocycles. The lowest BCUT2D eigenvalue weighted by atomic mass is 9.53. The number of rotatable bonds is 0. The molecule has 2 N–H and O–H groups in total. The molecule has 3 nitrogen and oxygen atoms in total. The smallest absolute Gasteiger partial charge is 0.0519 e. The van der Waals surface area contributed by atoms with Crippen LogP contribution in [0.1, 0.15) is 26.7 Å². The van der Waals surface area contributed by atoms with Crippen LogP contribution in [0.4, 0.5) is 0 Å². The average molecular weight is 193 g/mol. The molecule has 1 saturated carbocycles. The maximum atomic E-state index is 5.59. The minimum atomic E-state index is 0.281. The molecule has 4 aliphatic rings. The number of hydrogen-bond donors (Lipinski definition) is 1. The van der Waals surface area contributed by atoms with Crippen LogP contribution in [0.25, 0.3) is 0 Å². The normalized spacial score (nSPS) is 55.1. The van der Waals surface area contributed by atoms with Gasteiger partial charge in [-0.05, 0) is 18.8 Å². The van der Waals surface area contributed by atoms with Crippen molar-refractivity contribution in [3.05, 3.63) is 0 Å². The Morgan fingerprint density at radius 1 is 1.29 bits per heavy atom. The van der Waals surface area contributed by atoms with E-state index in [1.54, 1.807) is 0 Å². The number of hydrazone groups is 1. The molecule has 4 bridgehead atoms. The predicted octanol–water partition coefficient (Wildman–Crippen LogP) is 1.05. The lowest BCUT2D eigenvalue weighted by Gasteiger charge is -2.61. The Balaban J connectivity index is 2.10. The van der Waals surface area contributed by atoms with Gasteiger partial charge in [0, 0.05) is 30.5 Å². The highest BCUT2D eigenvalue weighted by Crippen LogP contribution is 2.54. The molecule has 3 aliphatic heterocycles. The molecule has 2 atom stereocenters. The molecule has 78 valence electrons. The van der Waals surface area contributed by atoms with E-state index in [2.05, 4.69) is 23.8 Å². The van der Waals surface area contributed by atoms with Crippen molar-refractivity contribution >= 4 is 5.71 Å². The van der Waals surface area contributed by atoms with E-state index in [1.807, 2.05) is 0 Å². The molecule has 0 radical (unpaired) electrons. The summed E-state index contributed by atoms with van der Waals surface area (Å²) in [6, 6.07) is 0. The van der Waals surface area contributed by atoms with Crippen molar-refractivity contribution in [2.75, 3.05) is 19.6 Å². The van der Waals surface area contributed by atoms with Crippen molar-refractivity contribution in [1.29, 1.82) is 0 Å². The molecule has 14 heavy (non-hydrogen) atoms. The van der Waals surface area contributed by atoms with Crippen LogP contribution in [-0.4, -0.2) is 30.2 Å². The van der Waals surface area contributed by atoms with E-state index in [1.165, 1.54) is 38.2 Å². The summed E-state index contributed by atoms with van der Waals surface area (Å²) in [5.74, 6) is 6.48. The van der Waals surface area contributed by atoms with Gasteiger partial charge in [-0.3, -0.25) is 0 Å². The third-order valence-corrected chi connectivity index (χ3v) is 4.41. The summed E-state index contributed by atoms with van der Waals surface area (Å²) in [5.41, 5.74) is 1.85. The summed E-state index contributed by atoms with van der Waals surface area (Å²) in [5, 5.41) is 4.12. The Morgan fingerprint density at radius 2 is 1.86 bits per heavy atom. The highest BCUT2D eigenvalue weighted by atomic mass is 15.2. The second kappa shape index (κ2) is 2.32. The van der Waals surface area contributed by atoms with Gasteiger partial charge in [-0.15, -0.1) is 0 Å². The van der Waals surface area contributed by atoms with Gasteiger partial charge in [0.15, 0.2) is 0 Å². The first kappa shape index (κ1) is 8.72. The zero-order valence-electron chi connectivity index (χ0n) is 9.08. The van der Waals surface area contributed by atoms with E-state index in [9.17, 15) is 0 Å². The van der Waals surface area contributed by atoms with Gasteiger partial charge in [0.25, 0.3) is 0 Å². The second-order valence-corrected chi connectivity index (χ2v) is 6.04. The number of piperidine rings is 3. The molecule has 0 amide bonds. The van der Waals surface area contributed by atoms with Crippen LogP contribution in [-0.2, 0) is 0 Å². The van der Waals surface area contributed by atoms with Gasteiger partial charge < -0.3 is 10.7 Å². The molecule has 0 spiro atoms. The molecule has 3 heterocycles. The summed E-state index contributed by atoms with van der Waals surface area (Å²) < 4.78 is 0. The summed E-state index contributed by atoms with van der Waals surface area (Å²) in [4.78, 5) is 2.60. The highest BCUT2D eigenvalue weighted by molar-refractivity contribution is 5.96. The van der Waals surface area contributed by atoms with Crippen LogP contribution in [0.3, 0.4) is 0 Å². The fraction of sp³-hybridized carbons (Fsp3) is 0.909. The lowest BCUT2D eigenvalue weighted by molar-refractivity contribution is -0.0218. The van der Waals surface area contributed by atoms with E-state index >= 15 is 0 Å². The molecule has 0 aromatic rings. The maximum absolute atomic E-state index is 5.59. The van der Waals surface area contributed by atoms with E-state index in [0.717, 1.165) is 5.92 Å². The van der Waals surface area contributed by atoms with Gasteiger partial charge >= 0.3 is 0 Å². The van der Waals surface area contributed by atoms with E-state index in [4.69, 9.17) is 5.84 Å². The minimum Gasteiger partial charge on any atom is -0.323 e. The molecule has 4 rings (SSSR count). The third-order valence-electron chi connectivity index (χ3n) is 4.41. The monoisotopic (exact) mass is 193 g/mol. The first-order chi connectivity index (χ1) is 6.56. The molecular formula is C11H19N3. The van der Waals surface area contributed by atoms with E-state index < -0.39 is 0 Å². The molecular weight excluding hydrogens is 174 g/mol. The third kappa shape index (κ3) is 0.888. The molecule has 3 saturated heterocycles. The lowest BCUT2D eigenvalue weighted by Crippen LogP contribution is -2.67. The highest BCUT2D eigenvalue weighted by Gasteiger charge is 2.57. The fourth-order valence-corrected chi connectivity index (χ4v) is 4.53. The van der Waals surface area contributed by atoms with Crippen molar-refractivity contribution in [1.82, 2.24) is 4.90 Å². The second-order valence-electron chi connectivity index (χ2n) is 6.04. The van der Waals surface area contributed by atoms with Crippen LogP contribution >= 0.6 is 0 Å². The standard InChI is InChI=1S/C11H19N3/c1-10-3-8-4-11(2,9(10)13-12)7-14(5-8)6-10/h8H,3-7,12H2,1-2H3. The molecule has 0 aromatic carbocycles. The molecule has 3 heteroatoms. The van der Waals surface area contributed by atoms with Gasteiger partial charge in [-0.25, -0.2) is 0 Å². The first-order valence-electron chi connectivity index (χ1n) is 5.57. The number of nitrogens with two attached hydrogens (primary N) is 1. The average Bonchev–Trinajstić information content (AvgIpc) is 1.97. The SMILES string of the molecule is CC12CC3CN(C1)CC(C)(C3)C2=NN. The Labute approximate surface area is 85.3 Å². The van der Waals surface area contributed by atoms with Crippen LogP contribution in [0.15, 0.2) is 5.10 Å². The minimum absolute atomic E-state index is 0.281. The fourth-order valence-electron chi connectivity index (χ4n) is 4.53. The van der Waals surface area contributed by atoms with Crippen LogP contribution in [0.2, 0.25) is 0 Å². The summed E-state index contributed by atoms with van der Waals surface area (Å²) in [6.07, 6.45) is 2.60. The van der Waals surface area contributed by atoms with Crippen LogP contribution < -0.4 is 5.84 Å². The predicted molar refractivity (Wildman–Crippen MR) is 57.0 cm³/mol. The van der Waals surface area contributed by atoms with E-state index in [-0.39, 0.29) is 10.8 Å². The van der Waals surface area contributed by atoms with Crippen LogP contribution in [0.5, 0.6) is 0 Å².